The van der Waals surface area contributed by atoms with Crippen molar-refractivity contribution in [1.82, 2.24) is 9.55 Å². The third-order valence-corrected chi connectivity index (χ3v) is 4.37. The number of nitrogens with zero attached hydrogens (tertiary/aromatic N) is 2. The van der Waals surface area contributed by atoms with Crippen LogP contribution in [0.4, 0.5) is 5.82 Å². The summed E-state index contributed by atoms with van der Waals surface area (Å²) in [5, 5.41) is 3.64. The van der Waals surface area contributed by atoms with Gasteiger partial charge in [0.1, 0.15) is 12.4 Å². The van der Waals surface area contributed by atoms with Gasteiger partial charge in [-0.1, -0.05) is 29.8 Å². The molecule has 0 fully saturated rings. The summed E-state index contributed by atoms with van der Waals surface area (Å²) in [6.07, 6.45) is 1.88. The number of methoxy groups -OCH3 is 1. The van der Waals surface area contributed by atoms with E-state index >= 15 is 0 Å². The minimum absolute atomic E-state index is 0.172. The van der Waals surface area contributed by atoms with E-state index in [4.69, 9.17) is 21.1 Å². The number of anilines is 1. The molecule has 0 aliphatic heterocycles. The molecule has 1 unspecified atom stereocenters. The standard InChI is InChI=1S/C20H18ClN3O5/c1-12(19(26)23-17-8-7-13(21)9-22-17)29-18(25)11-24-10-15(20(27)28-2)14-5-3-4-6-16(14)24/h3-10,12H,11H2,1-2H3,(H,22,23,26). The highest BCUT2D eigenvalue weighted by Crippen LogP contribution is 2.22. The molecule has 0 saturated heterocycles. The number of hydrogen-bond donors (Lipinski definition) is 1. The number of benzene rings is 1. The van der Waals surface area contributed by atoms with Crippen LogP contribution in [0.3, 0.4) is 0 Å². The molecule has 0 bridgehead atoms. The molecule has 0 spiro atoms. The first-order valence-electron chi connectivity index (χ1n) is 8.67. The molecule has 2 heterocycles. The fourth-order valence-corrected chi connectivity index (χ4v) is 2.87. The number of amides is 1. The van der Waals surface area contributed by atoms with Gasteiger partial charge in [0.15, 0.2) is 6.10 Å². The van der Waals surface area contributed by atoms with Crippen molar-refractivity contribution in [2.24, 2.45) is 0 Å². The third kappa shape index (κ3) is 4.72. The number of rotatable bonds is 6. The quantitative estimate of drug-likeness (QED) is 0.621. The minimum Gasteiger partial charge on any atom is -0.465 e. The second-order valence-corrected chi connectivity index (χ2v) is 6.60. The fraction of sp³-hybridized carbons (Fsp3) is 0.200. The van der Waals surface area contributed by atoms with E-state index in [9.17, 15) is 14.4 Å². The Morgan fingerprint density at radius 2 is 1.97 bits per heavy atom. The predicted octanol–water partition coefficient (Wildman–Crippen LogP) is 3.05. The van der Waals surface area contributed by atoms with Crippen LogP contribution >= 0.6 is 11.6 Å². The minimum atomic E-state index is -1.04. The summed E-state index contributed by atoms with van der Waals surface area (Å²) in [5.74, 6) is -1.37. The zero-order chi connectivity index (χ0) is 21.0. The van der Waals surface area contributed by atoms with Gasteiger partial charge in [-0.25, -0.2) is 9.78 Å². The largest absolute Gasteiger partial charge is 0.465 e. The van der Waals surface area contributed by atoms with Crippen molar-refractivity contribution < 1.29 is 23.9 Å². The van der Waals surface area contributed by atoms with Crippen LogP contribution in [0.15, 0.2) is 48.8 Å². The molecule has 3 aromatic rings. The molecule has 150 valence electrons. The highest BCUT2D eigenvalue weighted by molar-refractivity contribution is 6.30. The molecular weight excluding hydrogens is 398 g/mol. The second kappa shape index (κ2) is 8.74. The summed E-state index contributed by atoms with van der Waals surface area (Å²) in [6, 6.07) is 10.2. The zero-order valence-electron chi connectivity index (χ0n) is 15.7. The highest BCUT2D eigenvalue weighted by Gasteiger charge is 2.21. The molecule has 9 heteroatoms. The number of carbonyl (C=O) groups excluding carboxylic acids is 3. The number of halogens is 1. The smallest absolute Gasteiger partial charge is 0.340 e. The number of carbonyl (C=O) groups is 3. The SMILES string of the molecule is COC(=O)c1cn(CC(=O)OC(C)C(=O)Nc2ccc(Cl)cn2)c2ccccc12. The van der Waals surface area contributed by atoms with E-state index in [0.717, 1.165) is 0 Å². The van der Waals surface area contributed by atoms with Gasteiger partial charge in [0.25, 0.3) is 5.91 Å². The van der Waals surface area contributed by atoms with Gasteiger partial charge in [0, 0.05) is 23.3 Å². The van der Waals surface area contributed by atoms with Crippen LogP contribution < -0.4 is 5.32 Å². The van der Waals surface area contributed by atoms with Crippen molar-refractivity contribution in [3.05, 3.63) is 59.4 Å². The lowest BCUT2D eigenvalue weighted by Crippen LogP contribution is -2.31. The Morgan fingerprint density at radius 1 is 1.21 bits per heavy atom. The summed E-state index contributed by atoms with van der Waals surface area (Å²) >= 11 is 5.75. The first kappa shape index (κ1) is 20.3. The van der Waals surface area contributed by atoms with E-state index in [0.29, 0.717) is 27.3 Å². The Balaban J connectivity index is 1.68. The number of hydrogen-bond acceptors (Lipinski definition) is 6. The monoisotopic (exact) mass is 415 g/mol. The Hall–Kier alpha value is -3.39. The van der Waals surface area contributed by atoms with Crippen LogP contribution in [0.2, 0.25) is 5.02 Å². The van der Waals surface area contributed by atoms with Gasteiger partial charge in [-0.15, -0.1) is 0 Å². The first-order chi connectivity index (χ1) is 13.9. The fourth-order valence-electron chi connectivity index (χ4n) is 2.75. The Labute approximate surface area is 171 Å². The molecule has 0 saturated carbocycles. The molecule has 0 radical (unpaired) electrons. The number of aromatic nitrogens is 2. The molecule has 2 aromatic heterocycles. The molecule has 3 rings (SSSR count). The van der Waals surface area contributed by atoms with Gasteiger partial charge in [0.05, 0.1) is 17.7 Å². The lowest BCUT2D eigenvalue weighted by molar-refractivity contribution is -0.153. The number of pyridine rings is 1. The zero-order valence-corrected chi connectivity index (χ0v) is 16.5. The Morgan fingerprint density at radius 3 is 2.66 bits per heavy atom. The van der Waals surface area contributed by atoms with E-state index in [2.05, 4.69) is 10.3 Å². The molecule has 0 aliphatic carbocycles. The van der Waals surface area contributed by atoms with Crippen LogP contribution in [0.25, 0.3) is 10.9 Å². The number of para-hydroxylation sites is 1. The van der Waals surface area contributed by atoms with Crippen molar-refractivity contribution >= 4 is 46.2 Å². The van der Waals surface area contributed by atoms with Crippen LogP contribution in [0.5, 0.6) is 0 Å². The van der Waals surface area contributed by atoms with E-state index in [-0.39, 0.29) is 6.54 Å². The van der Waals surface area contributed by atoms with E-state index in [1.807, 2.05) is 0 Å². The van der Waals surface area contributed by atoms with Gasteiger partial charge >= 0.3 is 11.9 Å². The molecule has 1 aromatic carbocycles. The summed E-state index contributed by atoms with van der Waals surface area (Å²) in [6.45, 7) is 1.28. The summed E-state index contributed by atoms with van der Waals surface area (Å²) in [4.78, 5) is 40.5. The predicted molar refractivity (Wildman–Crippen MR) is 107 cm³/mol. The maximum Gasteiger partial charge on any atom is 0.340 e. The lowest BCUT2D eigenvalue weighted by Gasteiger charge is -2.13. The molecule has 29 heavy (non-hydrogen) atoms. The maximum absolute atomic E-state index is 12.3. The molecule has 1 amide bonds. The molecular formula is C20H18ClN3O5. The lowest BCUT2D eigenvalue weighted by atomic mass is 10.2. The van der Waals surface area contributed by atoms with Crippen molar-refractivity contribution in [2.75, 3.05) is 12.4 Å². The topological polar surface area (TPSA) is 99.5 Å². The highest BCUT2D eigenvalue weighted by atomic mass is 35.5. The number of fused-ring (bicyclic) bond motifs is 1. The Bertz CT molecular complexity index is 1060. The average molecular weight is 416 g/mol. The Kier molecular flexibility index (Phi) is 6.13. The van der Waals surface area contributed by atoms with Crippen molar-refractivity contribution in [1.29, 1.82) is 0 Å². The number of ether oxygens (including phenoxy) is 2. The average Bonchev–Trinajstić information content (AvgIpc) is 3.07. The van der Waals surface area contributed by atoms with Gasteiger partial charge in [-0.05, 0) is 25.1 Å². The van der Waals surface area contributed by atoms with E-state index in [1.165, 1.54) is 32.5 Å². The van der Waals surface area contributed by atoms with Gasteiger partial charge in [-0.3, -0.25) is 9.59 Å². The van der Waals surface area contributed by atoms with Crippen LogP contribution in [-0.4, -0.2) is 40.6 Å². The maximum atomic E-state index is 12.3. The number of esters is 2. The molecule has 1 atom stereocenters. The summed E-state index contributed by atoms with van der Waals surface area (Å²) < 4.78 is 11.6. The second-order valence-electron chi connectivity index (χ2n) is 6.16. The van der Waals surface area contributed by atoms with Crippen LogP contribution in [0, 0.1) is 0 Å². The van der Waals surface area contributed by atoms with E-state index in [1.54, 1.807) is 34.9 Å². The van der Waals surface area contributed by atoms with Crippen molar-refractivity contribution in [3.8, 4) is 0 Å². The number of nitrogens with one attached hydrogen (secondary N) is 1. The van der Waals surface area contributed by atoms with Crippen LogP contribution in [-0.2, 0) is 25.6 Å². The molecule has 1 N–H and O–H groups in total. The van der Waals surface area contributed by atoms with Crippen LogP contribution in [0.1, 0.15) is 17.3 Å². The summed E-state index contributed by atoms with van der Waals surface area (Å²) in [7, 11) is 1.29. The van der Waals surface area contributed by atoms with Gasteiger partial charge in [-0.2, -0.15) is 0 Å². The first-order valence-corrected chi connectivity index (χ1v) is 9.05. The van der Waals surface area contributed by atoms with Gasteiger partial charge in [0.2, 0.25) is 0 Å². The van der Waals surface area contributed by atoms with E-state index < -0.39 is 23.9 Å². The normalized spacial score (nSPS) is 11.7. The molecule has 8 nitrogen and oxygen atoms in total. The third-order valence-electron chi connectivity index (χ3n) is 4.15. The molecule has 0 aliphatic rings. The summed E-state index contributed by atoms with van der Waals surface area (Å²) in [5.41, 5.74) is 1.02. The van der Waals surface area contributed by atoms with Crippen molar-refractivity contribution in [3.63, 3.8) is 0 Å². The van der Waals surface area contributed by atoms with Crippen molar-refractivity contribution in [2.45, 2.75) is 19.6 Å². The van der Waals surface area contributed by atoms with Gasteiger partial charge < -0.3 is 19.4 Å².